The molecule has 4 N–H and O–H groups in total. The lowest BCUT2D eigenvalue weighted by Gasteiger charge is -2.09. The van der Waals surface area contributed by atoms with Crippen molar-refractivity contribution in [2.24, 2.45) is 5.73 Å². The number of carbonyl (C=O) groups excluding carboxylic acids is 1. The lowest BCUT2D eigenvalue weighted by atomic mass is 10.3. The summed E-state index contributed by atoms with van der Waals surface area (Å²) in [6.07, 6.45) is 0. The summed E-state index contributed by atoms with van der Waals surface area (Å²) in [5, 5.41) is 5.60. The van der Waals surface area contributed by atoms with Crippen LogP contribution in [0.15, 0.2) is 0 Å². The van der Waals surface area contributed by atoms with Crippen molar-refractivity contribution in [1.29, 1.82) is 0 Å². The second-order valence-electron chi connectivity index (χ2n) is 1.80. The fourth-order valence-corrected chi connectivity index (χ4v) is 0.549. The monoisotopic (exact) mass is 131 g/mol. The predicted octanol–water partition coefficient (Wildman–Crippen LogP) is -1.72. The molecular formula is C5H13N3O. The van der Waals surface area contributed by atoms with Gasteiger partial charge in [-0.25, -0.2) is 0 Å². The number of nitrogens with one attached hydrogen (secondary N) is 2. The van der Waals surface area contributed by atoms with Gasteiger partial charge < -0.3 is 16.4 Å². The summed E-state index contributed by atoms with van der Waals surface area (Å²) in [6, 6.07) is -0.255. The third kappa shape index (κ3) is 3.05. The number of likely N-dealkylation sites (N-methyl/N-ethyl adjacent to an activating group) is 2. The molecular weight excluding hydrogens is 118 g/mol. The predicted molar refractivity (Wildman–Crippen MR) is 36.0 cm³/mol. The molecule has 0 aromatic rings. The van der Waals surface area contributed by atoms with Crippen LogP contribution in [0.5, 0.6) is 0 Å². The SMILES string of the molecule is CNCC(NC)C(N)=O. The molecule has 4 heteroatoms. The van der Waals surface area contributed by atoms with E-state index >= 15 is 0 Å². The molecule has 0 aliphatic carbocycles. The van der Waals surface area contributed by atoms with Crippen LogP contribution in [-0.4, -0.2) is 32.6 Å². The molecule has 0 aromatic heterocycles. The fraction of sp³-hybridized carbons (Fsp3) is 0.800. The first kappa shape index (κ1) is 8.39. The Morgan fingerprint density at radius 1 is 1.67 bits per heavy atom. The molecule has 1 unspecified atom stereocenters. The lowest BCUT2D eigenvalue weighted by molar-refractivity contribution is -0.119. The van der Waals surface area contributed by atoms with Gasteiger partial charge in [0.2, 0.25) is 5.91 Å². The Morgan fingerprint density at radius 2 is 2.22 bits per heavy atom. The fourth-order valence-electron chi connectivity index (χ4n) is 0.549. The highest BCUT2D eigenvalue weighted by Gasteiger charge is 2.09. The zero-order chi connectivity index (χ0) is 7.28. The Balaban J connectivity index is 3.54. The van der Waals surface area contributed by atoms with E-state index in [2.05, 4.69) is 10.6 Å². The first-order chi connectivity index (χ1) is 4.22. The maximum Gasteiger partial charge on any atom is 0.235 e. The molecule has 0 fully saturated rings. The molecule has 4 nitrogen and oxygen atoms in total. The summed E-state index contributed by atoms with van der Waals surface area (Å²) in [6.45, 7) is 0.575. The van der Waals surface area contributed by atoms with Crippen molar-refractivity contribution in [3.63, 3.8) is 0 Å². The lowest BCUT2D eigenvalue weighted by Crippen LogP contribution is -2.45. The van der Waals surface area contributed by atoms with Gasteiger partial charge in [-0.05, 0) is 14.1 Å². The number of nitrogens with two attached hydrogens (primary N) is 1. The third-order valence-corrected chi connectivity index (χ3v) is 1.10. The van der Waals surface area contributed by atoms with Crippen LogP contribution in [0, 0.1) is 0 Å². The maximum atomic E-state index is 10.4. The Kier molecular flexibility index (Phi) is 4.00. The van der Waals surface area contributed by atoms with Gasteiger partial charge in [0, 0.05) is 6.54 Å². The molecule has 1 amide bonds. The minimum atomic E-state index is -0.327. The van der Waals surface area contributed by atoms with Crippen molar-refractivity contribution in [2.75, 3.05) is 20.6 Å². The molecule has 0 saturated carbocycles. The van der Waals surface area contributed by atoms with Gasteiger partial charge >= 0.3 is 0 Å². The van der Waals surface area contributed by atoms with Gasteiger partial charge in [0.1, 0.15) is 0 Å². The van der Waals surface area contributed by atoms with Crippen molar-refractivity contribution < 1.29 is 4.79 Å². The van der Waals surface area contributed by atoms with Gasteiger partial charge in [0.15, 0.2) is 0 Å². The second-order valence-corrected chi connectivity index (χ2v) is 1.80. The van der Waals surface area contributed by atoms with E-state index in [1.54, 1.807) is 14.1 Å². The molecule has 54 valence electrons. The quantitative estimate of drug-likeness (QED) is 0.425. The Bertz CT molecular complexity index is 94.2. The van der Waals surface area contributed by atoms with Crippen LogP contribution in [-0.2, 0) is 4.79 Å². The smallest absolute Gasteiger partial charge is 0.235 e. The van der Waals surface area contributed by atoms with Crippen LogP contribution in [0.1, 0.15) is 0 Å². The van der Waals surface area contributed by atoms with Gasteiger partial charge in [-0.2, -0.15) is 0 Å². The van der Waals surface area contributed by atoms with Crippen LogP contribution < -0.4 is 16.4 Å². The third-order valence-electron chi connectivity index (χ3n) is 1.10. The number of rotatable bonds is 4. The van der Waals surface area contributed by atoms with Crippen LogP contribution in [0.3, 0.4) is 0 Å². The summed E-state index contributed by atoms with van der Waals surface area (Å²) in [5.41, 5.74) is 4.99. The number of amides is 1. The average molecular weight is 131 g/mol. The van der Waals surface area contributed by atoms with Gasteiger partial charge in [-0.15, -0.1) is 0 Å². The van der Waals surface area contributed by atoms with E-state index in [9.17, 15) is 4.79 Å². The highest BCUT2D eigenvalue weighted by atomic mass is 16.1. The first-order valence-electron chi connectivity index (χ1n) is 2.83. The van der Waals surface area contributed by atoms with Crippen molar-refractivity contribution >= 4 is 5.91 Å². The molecule has 0 spiro atoms. The van der Waals surface area contributed by atoms with Gasteiger partial charge in [0.05, 0.1) is 6.04 Å². The highest BCUT2D eigenvalue weighted by molar-refractivity contribution is 5.80. The largest absolute Gasteiger partial charge is 0.368 e. The molecule has 0 radical (unpaired) electrons. The van der Waals surface area contributed by atoms with Crippen molar-refractivity contribution in [3.05, 3.63) is 0 Å². The molecule has 0 aromatic carbocycles. The molecule has 0 rings (SSSR count). The van der Waals surface area contributed by atoms with E-state index in [0.717, 1.165) is 0 Å². The van der Waals surface area contributed by atoms with E-state index in [1.807, 2.05) is 0 Å². The van der Waals surface area contributed by atoms with E-state index in [0.29, 0.717) is 6.54 Å². The first-order valence-corrected chi connectivity index (χ1v) is 2.83. The Morgan fingerprint density at radius 3 is 2.33 bits per heavy atom. The van der Waals surface area contributed by atoms with Crippen LogP contribution >= 0.6 is 0 Å². The van der Waals surface area contributed by atoms with Crippen LogP contribution in [0.4, 0.5) is 0 Å². The van der Waals surface area contributed by atoms with Gasteiger partial charge in [0.25, 0.3) is 0 Å². The topological polar surface area (TPSA) is 67.2 Å². The van der Waals surface area contributed by atoms with Crippen LogP contribution in [0.25, 0.3) is 0 Å². The molecule has 0 saturated heterocycles. The molecule has 0 aliphatic heterocycles. The Labute approximate surface area is 54.8 Å². The number of hydrogen-bond donors (Lipinski definition) is 3. The van der Waals surface area contributed by atoms with Gasteiger partial charge in [-0.1, -0.05) is 0 Å². The molecule has 0 bridgehead atoms. The summed E-state index contributed by atoms with van der Waals surface area (Å²) in [4.78, 5) is 10.4. The normalized spacial score (nSPS) is 13.1. The summed E-state index contributed by atoms with van der Waals surface area (Å²) in [5.74, 6) is -0.327. The van der Waals surface area contributed by atoms with E-state index in [1.165, 1.54) is 0 Å². The number of hydrogen-bond acceptors (Lipinski definition) is 3. The molecule has 9 heavy (non-hydrogen) atoms. The zero-order valence-corrected chi connectivity index (χ0v) is 5.77. The standard InChI is InChI=1S/C5H13N3O/c1-7-3-4(8-2)5(6)9/h4,7-8H,3H2,1-2H3,(H2,6,9). The van der Waals surface area contributed by atoms with Crippen LogP contribution in [0.2, 0.25) is 0 Å². The molecule has 0 heterocycles. The molecule has 1 atom stereocenters. The minimum absolute atomic E-state index is 0.255. The Hall–Kier alpha value is -0.610. The summed E-state index contributed by atoms with van der Waals surface area (Å²) in [7, 11) is 3.47. The van der Waals surface area contributed by atoms with E-state index < -0.39 is 0 Å². The van der Waals surface area contributed by atoms with Crippen molar-refractivity contribution in [2.45, 2.75) is 6.04 Å². The minimum Gasteiger partial charge on any atom is -0.368 e. The van der Waals surface area contributed by atoms with Crippen molar-refractivity contribution in [1.82, 2.24) is 10.6 Å². The summed E-state index contributed by atoms with van der Waals surface area (Å²) >= 11 is 0. The van der Waals surface area contributed by atoms with E-state index in [-0.39, 0.29) is 11.9 Å². The maximum absolute atomic E-state index is 10.4. The van der Waals surface area contributed by atoms with Gasteiger partial charge in [-0.3, -0.25) is 4.79 Å². The average Bonchev–Trinajstić information content (AvgIpc) is 1.82. The zero-order valence-electron chi connectivity index (χ0n) is 5.77. The number of carbonyl (C=O) groups is 1. The van der Waals surface area contributed by atoms with Crippen molar-refractivity contribution in [3.8, 4) is 0 Å². The van der Waals surface area contributed by atoms with E-state index in [4.69, 9.17) is 5.73 Å². The summed E-state index contributed by atoms with van der Waals surface area (Å²) < 4.78 is 0. The highest BCUT2D eigenvalue weighted by Crippen LogP contribution is 1.74. The molecule has 0 aliphatic rings. The second kappa shape index (κ2) is 4.29. The number of primary amides is 1.